The summed E-state index contributed by atoms with van der Waals surface area (Å²) in [6.07, 6.45) is 0. The normalized spacial score (nSPS) is 10.6. The molecule has 5 nitrogen and oxygen atoms in total. The van der Waals surface area contributed by atoms with Crippen LogP contribution in [0.4, 0.5) is 0 Å². The van der Waals surface area contributed by atoms with Crippen LogP contribution in [0.15, 0.2) is 54.6 Å². The van der Waals surface area contributed by atoms with Gasteiger partial charge in [0, 0.05) is 22.7 Å². The average molecular weight is 340 g/mol. The van der Waals surface area contributed by atoms with Crippen LogP contribution >= 0.6 is 0 Å². The fraction of sp³-hybridized carbons (Fsp3) is 0. The van der Waals surface area contributed by atoms with Gasteiger partial charge in [-0.1, -0.05) is 30.3 Å². The van der Waals surface area contributed by atoms with Crippen molar-refractivity contribution in [2.45, 2.75) is 0 Å². The molecule has 0 saturated heterocycles. The number of carbonyl (C=O) groups is 1. The number of primary amides is 1. The fourth-order valence-corrected chi connectivity index (χ4v) is 2.55. The van der Waals surface area contributed by atoms with Gasteiger partial charge in [0.25, 0.3) is 5.91 Å². The van der Waals surface area contributed by atoms with Crippen molar-refractivity contribution in [1.29, 1.82) is 0 Å². The Morgan fingerprint density at radius 3 is 2.57 bits per heavy atom. The Bertz CT molecular complexity index is 992. The number of nitrogens with one attached hydrogen (secondary N) is 1. The second kappa shape index (κ2) is 5.84. The first-order chi connectivity index (χ1) is 10.7. The van der Waals surface area contributed by atoms with E-state index in [1.165, 1.54) is 0 Å². The maximum atomic E-state index is 11.6. The third-order valence-corrected chi connectivity index (χ3v) is 3.62. The zero-order valence-corrected chi connectivity index (χ0v) is 13.3. The van der Waals surface area contributed by atoms with Crippen LogP contribution < -0.4 is 5.73 Å². The van der Waals surface area contributed by atoms with Crippen LogP contribution in [0, 0.1) is 0 Å². The molecule has 0 radical (unpaired) electrons. The first-order valence-electron chi connectivity index (χ1n) is 6.87. The van der Waals surface area contributed by atoms with Crippen molar-refractivity contribution in [1.82, 2.24) is 15.0 Å². The second-order valence-electron chi connectivity index (χ2n) is 5.04. The van der Waals surface area contributed by atoms with E-state index in [0.29, 0.717) is 22.6 Å². The van der Waals surface area contributed by atoms with Gasteiger partial charge in [-0.3, -0.25) is 4.79 Å². The van der Waals surface area contributed by atoms with Gasteiger partial charge in [-0.2, -0.15) is 0 Å². The van der Waals surface area contributed by atoms with Crippen molar-refractivity contribution < 1.29 is 22.2 Å². The van der Waals surface area contributed by atoms with E-state index in [2.05, 4.69) is 15.0 Å². The smallest absolute Gasteiger partial charge is 0.250 e. The predicted octanol–water partition coefficient (Wildman–Crippen LogP) is 2.87. The Labute approximate surface area is 142 Å². The van der Waals surface area contributed by atoms with Crippen LogP contribution in [0.3, 0.4) is 0 Å². The van der Waals surface area contributed by atoms with E-state index in [9.17, 15) is 4.79 Å². The Morgan fingerprint density at radius 2 is 1.78 bits per heavy atom. The number of fused-ring (bicyclic) bond motifs is 2. The number of amides is 1. The van der Waals surface area contributed by atoms with Crippen LogP contribution in [0.5, 0.6) is 0 Å². The van der Waals surface area contributed by atoms with Crippen molar-refractivity contribution in [3.63, 3.8) is 0 Å². The molecule has 2 heterocycles. The minimum atomic E-state index is -0.486. The molecule has 0 spiro atoms. The number of aromatic amines is 1. The number of hydrogen-bond acceptors (Lipinski definition) is 3. The third kappa shape index (κ3) is 2.59. The monoisotopic (exact) mass is 340 g/mol. The molecule has 23 heavy (non-hydrogen) atoms. The number of pyridine rings is 1. The molecule has 0 saturated carbocycles. The van der Waals surface area contributed by atoms with Gasteiger partial charge in [0.2, 0.25) is 0 Å². The molecule has 4 rings (SSSR count). The van der Waals surface area contributed by atoms with Gasteiger partial charge in [-0.05, 0) is 24.3 Å². The van der Waals surface area contributed by atoms with E-state index in [1.54, 1.807) is 12.1 Å². The number of para-hydroxylation sites is 3. The van der Waals surface area contributed by atoms with Gasteiger partial charge < -0.3 is 10.7 Å². The van der Waals surface area contributed by atoms with E-state index >= 15 is 0 Å². The molecular formula is C17H12CrN4O. The van der Waals surface area contributed by atoms with Gasteiger partial charge in [0.15, 0.2) is 5.82 Å². The van der Waals surface area contributed by atoms with Crippen LogP contribution in [-0.4, -0.2) is 20.9 Å². The number of rotatable bonds is 2. The van der Waals surface area contributed by atoms with Gasteiger partial charge in [0.1, 0.15) is 5.69 Å². The Hall–Kier alpha value is -2.68. The van der Waals surface area contributed by atoms with E-state index in [4.69, 9.17) is 5.73 Å². The summed E-state index contributed by atoms with van der Waals surface area (Å²) in [6.45, 7) is 0. The average Bonchev–Trinajstić information content (AvgIpc) is 2.97. The van der Waals surface area contributed by atoms with Gasteiger partial charge in [-0.15, -0.1) is 0 Å². The van der Waals surface area contributed by atoms with E-state index < -0.39 is 5.91 Å². The molecule has 2 aromatic carbocycles. The number of carbonyl (C=O) groups excluding carboxylic acids is 1. The molecule has 0 aliphatic rings. The maximum Gasteiger partial charge on any atom is 0.250 e. The van der Waals surface area contributed by atoms with Crippen LogP contribution in [0.1, 0.15) is 10.4 Å². The van der Waals surface area contributed by atoms with Crippen molar-refractivity contribution in [3.05, 3.63) is 60.2 Å². The third-order valence-electron chi connectivity index (χ3n) is 3.62. The van der Waals surface area contributed by atoms with Crippen LogP contribution in [0.2, 0.25) is 0 Å². The molecule has 0 atom stereocenters. The number of imidazole rings is 1. The van der Waals surface area contributed by atoms with Gasteiger partial charge in [0.05, 0.1) is 22.1 Å². The summed E-state index contributed by atoms with van der Waals surface area (Å²) >= 11 is 0. The number of H-pyrrole nitrogens is 1. The molecular weight excluding hydrogens is 328 g/mol. The summed E-state index contributed by atoms with van der Waals surface area (Å²) in [4.78, 5) is 23.9. The number of nitrogens with two attached hydrogens (primary N) is 1. The summed E-state index contributed by atoms with van der Waals surface area (Å²) < 4.78 is 0. The molecule has 0 bridgehead atoms. The van der Waals surface area contributed by atoms with Crippen molar-refractivity contribution >= 4 is 27.8 Å². The SMILES string of the molecule is NC(=O)c1cccc2ccc(-c3nc4ccccc4[nH]3)nc12.[Cr]. The molecule has 4 aromatic rings. The zero-order chi connectivity index (χ0) is 15.1. The quantitative estimate of drug-likeness (QED) is 0.588. The second-order valence-corrected chi connectivity index (χ2v) is 5.04. The first kappa shape index (κ1) is 15.2. The molecule has 0 aliphatic heterocycles. The van der Waals surface area contributed by atoms with Gasteiger partial charge >= 0.3 is 0 Å². The van der Waals surface area contributed by atoms with Crippen molar-refractivity contribution in [3.8, 4) is 11.5 Å². The number of hydrogen-bond donors (Lipinski definition) is 2. The number of aromatic nitrogens is 3. The summed E-state index contributed by atoms with van der Waals surface area (Å²) in [6, 6.07) is 17.0. The molecule has 112 valence electrons. The van der Waals surface area contributed by atoms with Gasteiger partial charge in [-0.25, -0.2) is 9.97 Å². The molecule has 2 aromatic heterocycles. The summed E-state index contributed by atoms with van der Waals surface area (Å²) in [5, 5.41) is 0.871. The van der Waals surface area contributed by atoms with Crippen LogP contribution in [0.25, 0.3) is 33.5 Å². The maximum absolute atomic E-state index is 11.6. The standard InChI is InChI=1S/C17H12N4O.Cr/c18-16(22)11-5-3-4-10-8-9-14(19-15(10)11)17-20-12-6-1-2-7-13(12)21-17;/h1-9H,(H2,18,22)(H,20,21);. The van der Waals surface area contributed by atoms with E-state index in [-0.39, 0.29) is 17.4 Å². The Kier molecular flexibility index (Phi) is 3.87. The molecule has 1 amide bonds. The fourth-order valence-electron chi connectivity index (χ4n) is 2.55. The minimum absolute atomic E-state index is 0. The predicted molar refractivity (Wildman–Crippen MR) is 85.3 cm³/mol. The topological polar surface area (TPSA) is 84.7 Å². The summed E-state index contributed by atoms with van der Waals surface area (Å²) in [5.74, 6) is 0.183. The number of nitrogens with zero attached hydrogens (tertiary/aromatic N) is 2. The Balaban J connectivity index is 0.00000156. The molecule has 3 N–H and O–H groups in total. The Morgan fingerprint density at radius 1 is 0.957 bits per heavy atom. The van der Waals surface area contributed by atoms with Crippen molar-refractivity contribution in [2.24, 2.45) is 5.73 Å². The van der Waals surface area contributed by atoms with E-state index in [1.807, 2.05) is 42.5 Å². The molecule has 0 aliphatic carbocycles. The first-order valence-corrected chi connectivity index (χ1v) is 6.87. The molecule has 0 unspecified atom stereocenters. The molecule has 0 fully saturated rings. The van der Waals surface area contributed by atoms with Crippen molar-refractivity contribution in [2.75, 3.05) is 0 Å². The molecule has 6 heteroatoms. The summed E-state index contributed by atoms with van der Waals surface area (Å²) in [7, 11) is 0. The summed E-state index contributed by atoms with van der Waals surface area (Å²) in [5.41, 5.74) is 8.93. The van der Waals surface area contributed by atoms with Crippen LogP contribution in [-0.2, 0) is 17.4 Å². The minimum Gasteiger partial charge on any atom is -0.366 e. The zero-order valence-electron chi connectivity index (χ0n) is 12.0. The number of benzene rings is 2. The van der Waals surface area contributed by atoms with E-state index in [0.717, 1.165) is 16.4 Å². The largest absolute Gasteiger partial charge is 0.366 e.